The van der Waals surface area contributed by atoms with Crippen LogP contribution in [0.5, 0.6) is 5.75 Å². The highest BCUT2D eigenvalue weighted by Crippen LogP contribution is 2.22. The number of halogens is 1. The van der Waals surface area contributed by atoms with Crippen LogP contribution in [0.3, 0.4) is 0 Å². The Labute approximate surface area is 134 Å². The normalized spacial score (nSPS) is 11.2. The van der Waals surface area contributed by atoms with Gasteiger partial charge in [0.05, 0.1) is 4.90 Å². The first kappa shape index (κ1) is 16.5. The summed E-state index contributed by atoms with van der Waals surface area (Å²) in [6, 6.07) is 10.9. The zero-order valence-electron chi connectivity index (χ0n) is 12.2. The molecule has 0 aliphatic rings. The summed E-state index contributed by atoms with van der Waals surface area (Å²) in [6.07, 6.45) is 1.12. The van der Waals surface area contributed by atoms with Crippen molar-refractivity contribution in [3.8, 4) is 5.75 Å². The fourth-order valence-corrected chi connectivity index (χ4v) is 2.75. The molecule has 0 bridgehead atoms. The smallest absolute Gasteiger partial charge is 0.200 e. The zero-order chi connectivity index (χ0) is 16.3. The average molecular weight is 339 g/mol. The molecule has 22 heavy (non-hydrogen) atoms. The predicted molar refractivity (Wildman–Crippen MR) is 85.6 cm³/mol. The Kier molecular flexibility index (Phi) is 4.88. The summed E-state index contributed by atoms with van der Waals surface area (Å²) in [4.78, 5) is 12.2. The molecular weight excluding hydrogens is 324 g/mol. The molecule has 0 N–H and O–H groups in total. The molecule has 6 heteroatoms. The number of carbonyl (C=O) groups excluding carboxylic acids is 1. The van der Waals surface area contributed by atoms with Crippen LogP contribution >= 0.6 is 11.6 Å². The minimum absolute atomic E-state index is 0.124. The quantitative estimate of drug-likeness (QED) is 0.785. The summed E-state index contributed by atoms with van der Waals surface area (Å²) in [5.41, 5.74) is 1.24. The van der Waals surface area contributed by atoms with Crippen molar-refractivity contribution in [2.75, 3.05) is 12.9 Å². The van der Waals surface area contributed by atoms with Crippen molar-refractivity contribution in [2.45, 2.75) is 11.8 Å². The molecule has 2 aromatic carbocycles. The maximum Gasteiger partial charge on any atom is 0.200 e. The molecule has 0 fully saturated rings. The standard InChI is InChI=1S/C16H15ClO4S/c1-11-9-13(17)5-8-16(11)21-10-15(18)12-3-6-14(7-4-12)22(2,19)20/h3-9H,10H2,1-2H3. The van der Waals surface area contributed by atoms with E-state index in [9.17, 15) is 13.2 Å². The molecule has 0 atom stereocenters. The van der Waals surface area contributed by atoms with Gasteiger partial charge in [-0.3, -0.25) is 4.79 Å². The number of rotatable bonds is 5. The van der Waals surface area contributed by atoms with Crippen molar-refractivity contribution in [1.29, 1.82) is 0 Å². The third-order valence-electron chi connectivity index (χ3n) is 3.10. The van der Waals surface area contributed by atoms with Crippen LogP contribution in [0.2, 0.25) is 5.02 Å². The summed E-state index contributed by atoms with van der Waals surface area (Å²) in [5.74, 6) is 0.361. The number of sulfone groups is 1. The van der Waals surface area contributed by atoms with E-state index < -0.39 is 9.84 Å². The van der Waals surface area contributed by atoms with Crippen molar-refractivity contribution in [3.63, 3.8) is 0 Å². The molecule has 0 saturated carbocycles. The lowest BCUT2D eigenvalue weighted by Gasteiger charge is -2.09. The number of carbonyl (C=O) groups is 1. The van der Waals surface area contributed by atoms with Crippen molar-refractivity contribution < 1.29 is 17.9 Å². The van der Waals surface area contributed by atoms with Crippen LogP contribution in [-0.4, -0.2) is 27.1 Å². The highest BCUT2D eigenvalue weighted by Gasteiger charge is 2.11. The third-order valence-corrected chi connectivity index (χ3v) is 4.46. The van der Waals surface area contributed by atoms with Crippen LogP contribution in [-0.2, 0) is 9.84 Å². The maximum atomic E-state index is 12.1. The zero-order valence-corrected chi connectivity index (χ0v) is 13.7. The van der Waals surface area contributed by atoms with Gasteiger partial charge in [0.1, 0.15) is 5.75 Å². The molecule has 0 amide bonds. The molecular formula is C16H15ClO4S. The molecule has 0 spiro atoms. The molecule has 0 aliphatic carbocycles. The molecule has 0 aliphatic heterocycles. The van der Waals surface area contributed by atoms with Crippen LogP contribution in [0.4, 0.5) is 0 Å². The number of hydrogen-bond acceptors (Lipinski definition) is 4. The first-order valence-electron chi connectivity index (χ1n) is 6.49. The Balaban J connectivity index is 2.06. The number of benzene rings is 2. The molecule has 0 saturated heterocycles. The minimum atomic E-state index is -3.27. The predicted octanol–water partition coefficient (Wildman–Crippen LogP) is 3.31. The topological polar surface area (TPSA) is 60.4 Å². The second kappa shape index (κ2) is 6.50. The lowest BCUT2D eigenvalue weighted by molar-refractivity contribution is 0.0921. The Hall–Kier alpha value is -1.85. The molecule has 0 radical (unpaired) electrons. The summed E-state index contributed by atoms with van der Waals surface area (Å²) in [5, 5.41) is 0.604. The van der Waals surface area contributed by atoms with E-state index in [1.54, 1.807) is 18.2 Å². The van der Waals surface area contributed by atoms with E-state index in [2.05, 4.69) is 0 Å². The first-order chi connectivity index (χ1) is 10.3. The molecule has 2 rings (SSSR count). The molecule has 2 aromatic rings. The van der Waals surface area contributed by atoms with Crippen molar-refractivity contribution in [2.24, 2.45) is 0 Å². The van der Waals surface area contributed by atoms with E-state index in [4.69, 9.17) is 16.3 Å². The average Bonchev–Trinajstić information content (AvgIpc) is 2.45. The van der Waals surface area contributed by atoms with Gasteiger partial charge in [-0.1, -0.05) is 11.6 Å². The van der Waals surface area contributed by atoms with Crippen molar-refractivity contribution in [1.82, 2.24) is 0 Å². The summed E-state index contributed by atoms with van der Waals surface area (Å²) in [7, 11) is -3.27. The second-order valence-corrected chi connectivity index (χ2v) is 7.37. The Bertz CT molecular complexity index is 795. The van der Waals surface area contributed by atoms with Crippen LogP contribution in [0.15, 0.2) is 47.4 Å². The number of ether oxygens (including phenoxy) is 1. The van der Waals surface area contributed by atoms with Gasteiger partial charge in [-0.2, -0.15) is 0 Å². The Morgan fingerprint density at radius 3 is 2.32 bits per heavy atom. The fraction of sp³-hybridized carbons (Fsp3) is 0.188. The summed E-state index contributed by atoms with van der Waals surface area (Å²) in [6.45, 7) is 1.72. The SMILES string of the molecule is Cc1cc(Cl)ccc1OCC(=O)c1ccc(S(C)(=O)=O)cc1. The van der Waals surface area contributed by atoms with Crippen LogP contribution in [0.1, 0.15) is 15.9 Å². The van der Waals surface area contributed by atoms with E-state index in [0.29, 0.717) is 16.3 Å². The van der Waals surface area contributed by atoms with Gasteiger partial charge in [0.2, 0.25) is 0 Å². The lowest BCUT2D eigenvalue weighted by atomic mass is 10.1. The van der Waals surface area contributed by atoms with Crippen molar-refractivity contribution in [3.05, 3.63) is 58.6 Å². The highest BCUT2D eigenvalue weighted by molar-refractivity contribution is 7.90. The Morgan fingerprint density at radius 1 is 1.14 bits per heavy atom. The molecule has 4 nitrogen and oxygen atoms in total. The Morgan fingerprint density at radius 2 is 1.77 bits per heavy atom. The maximum absolute atomic E-state index is 12.1. The monoisotopic (exact) mass is 338 g/mol. The third kappa shape index (κ3) is 4.08. The molecule has 0 aromatic heterocycles. The number of aryl methyl sites for hydroxylation is 1. The minimum Gasteiger partial charge on any atom is -0.485 e. The highest BCUT2D eigenvalue weighted by atomic mass is 35.5. The number of hydrogen-bond donors (Lipinski definition) is 0. The van der Waals surface area contributed by atoms with Gasteiger partial charge in [0.15, 0.2) is 22.2 Å². The summed E-state index contributed by atoms with van der Waals surface area (Å²) >= 11 is 5.86. The van der Waals surface area contributed by atoms with E-state index in [1.165, 1.54) is 24.3 Å². The second-order valence-electron chi connectivity index (χ2n) is 4.92. The first-order valence-corrected chi connectivity index (χ1v) is 8.76. The van der Waals surface area contributed by atoms with Gasteiger partial charge in [-0.15, -0.1) is 0 Å². The van der Waals surface area contributed by atoms with Gasteiger partial charge in [-0.25, -0.2) is 8.42 Å². The van der Waals surface area contributed by atoms with Gasteiger partial charge < -0.3 is 4.74 Å². The fourth-order valence-electron chi connectivity index (χ4n) is 1.89. The number of Topliss-reactive ketones (excluding diaryl/α,β-unsaturated/α-hetero) is 1. The van der Waals surface area contributed by atoms with Gasteiger partial charge in [0.25, 0.3) is 0 Å². The van der Waals surface area contributed by atoms with E-state index >= 15 is 0 Å². The van der Waals surface area contributed by atoms with Crippen LogP contribution in [0, 0.1) is 6.92 Å². The molecule has 0 heterocycles. The van der Waals surface area contributed by atoms with Crippen LogP contribution in [0.25, 0.3) is 0 Å². The number of ketones is 1. The summed E-state index contributed by atoms with van der Waals surface area (Å²) < 4.78 is 28.2. The van der Waals surface area contributed by atoms with E-state index in [0.717, 1.165) is 11.8 Å². The largest absolute Gasteiger partial charge is 0.485 e. The lowest BCUT2D eigenvalue weighted by Crippen LogP contribution is -2.12. The molecule has 116 valence electrons. The van der Waals surface area contributed by atoms with Crippen LogP contribution < -0.4 is 4.74 Å². The van der Waals surface area contributed by atoms with Gasteiger partial charge >= 0.3 is 0 Å². The van der Waals surface area contributed by atoms with Gasteiger partial charge in [0, 0.05) is 16.8 Å². The molecule has 0 unspecified atom stereocenters. The van der Waals surface area contributed by atoms with E-state index in [1.807, 2.05) is 6.92 Å². The van der Waals surface area contributed by atoms with E-state index in [-0.39, 0.29) is 17.3 Å². The van der Waals surface area contributed by atoms with Crippen molar-refractivity contribution >= 4 is 27.2 Å². The van der Waals surface area contributed by atoms with Gasteiger partial charge in [-0.05, 0) is 55.0 Å².